The van der Waals surface area contributed by atoms with Gasteiger partial charge in [-0.25, -0.2) is 4.39 Å². The molecule has 0 radical (unpaired) electrons. The van der Waals surface area contributed by atoms with E-state index >= 15 is 0 Å². The van der Waals surface area contributed by atoms with Crippen molar-refractivity contribution >= 4 is 40.3 Å². The van der Waals surface area contributed by atoms with Gasteiger partial charge in [0.2, 0.25) is 0 Å². The summed E-state index contributed by atoms with van der Waals surface area (Å²) in [5.41, 5.74) is 0.487. The second-order valence-corrected chi connectivity index (χ2v) is 5.56. The van der Waals surface area contributed by atoms with Crippen LogP contribution in [0.25, 0.3) is 0 Å². The minimum atomic E-state index is -0.401. The predicted octanol–water partition coefficient (Wildman–Crippen LogP) is 4.62. The fraction of sp³-hybridized carbons (Fsp3) is 0.0833. The number of Topliss-reactive ketones (excluding diaryl/α,β-unsaturated/α-hetero) is 1. The molecule has 5 heteroatoms. The van der Waals surface area contributed by atoms with Crippen LogP contribution in [0.4, 0.5) is 4.39 Å². The van der Waals surface area contributed by atoms with Gasteiger partial charge in [0, 0.05) is 11.4 Å². The highest BCUT2D eigenvalue weighted by Crippen LogP contribution is 2.24. The molecule has 0 amide bonds. The molecule has 1 heterocycles. The molecule has 0 saturated carbocycles. The average Bonchev–Trinajstić information content (AvgIpc) is 2.70. The zero-order valence-corrected chi connectivity index (χ0v) is 10.9. The van der Waals surface area contributed by atoms with Crippen LogP contribution < -0.4 is 0 Å². The van der Waals surface area contributed by atoms with E-state index in [1.54, 1.807) is 12.1 Å². The first-order chi connectivity index (χ1) is 8.06. The number of benzene rings is 1. The monoisotopic (exact) mass is 288 g/mol. The summed E-state index contributed by atoms with van der Waals surface area (Å²) >= 11 is 12.8. The molecule has 0 fully saturated rings. The second-order valence-electron chi connectivity index (χ2n) is 3.44. The number of ketones is 1. The lowest BCUT2D eigenvalue weighted by Gasteiger charge is -2.02. The maximum absolute atomic E-state index is 13.0. The van der Waals surface area contributed by atoms with E-state index in [-0.39, 0.29) is 12.2 Å². The van der Waals surface area contributed by atoms with Gasteiger partial charge in [0.25, 0.3) is 0 Å². The van der Waals surface area contributed by atoms with Crippen molar-refractivity contribution in [3.05, 3.63) is 55.9 Å². The molecule has 0 aliphatic rings. The van der Waals surface area contributed by atoms with Crippen LogP contribution in [0.5, 0.6) is 0 Å². The highest BCUT2D eigenvalue weighted by molar-refractivity contribution is 7.18. The Hall–Kier alpha value is -0.900. The highest BCUT2D eigenvalue weighted by Gasteiger charge is 2.12. The fourth-order valence-corrected chi connectivity index (χ4v) is 2.57. The van der Waals surface area contributed by atoms with Gasteiger partial charge < -0.3 is 0 Å². The van der Waals surface area contributed by atoms with E-state index in [2.05, 4.69) is 0 Å². The Morgan fingerprint density at radius 3 is 2.65 bits per heavy atom. The van der Waals surface area contributed by atoms with Gasteiger partial charge in [-0.2, -0.15) is 0 Å². The standard InChI is InChI=1S/C12H7Cl2FOS/c13-9-2-1-8(15)5-7(9)6-10(16)11-3-4-12(14)17-11/h1-5H,6H2. The van der Waals surface area contributed by atoms with Crippen LogP contribution in [0.1, 0.15) is 15.2 Å². The van der Waals surface area contributed by atoms with Crippen molar-refractivity contribution in [2.45, 2.75) is 6.42 Å². The van der Waals surface area contributed by atoms with Gasteiger partial charge in [-0.3, -0.25) is 4.79 Å². The smallest absolute Gasteiger partial charge is 0.177 e. The summed E-state index contributed by atoms with van der Waals surface area (Å²) in [6.45, 7) is 0. The summed E-state index contributed by atoms with van der Waals surface area (Å²) in [5.74, 6) is -0.518. The summed E-state index contributed by atoms with van der Waals surface area (Å²) in [5, 5.41) is 0.391. The van der Waals surface area contributed by atoms with Crippen LogP contribution in [0.2, 0.25) is 9.36 Å². The van der Waals surface area contributed by atoms with Crippen LogP contribution in [0, 0.1) is 5.82 Å². The molecule has 0 bridgehead atoms. The third kappa shape index (κ3) is 3.06. The molecular weight excluding hydrogens is 282 g/mol. The molecule has 2 aromatic rings. The molecule has 1 aromatic carbocycles. The number of carbonyl (C=O) groups excluding carboxylic acids is 1. The molecule has 1 nitrogen and oxygen atoms in total. The van der Waals surface area contributed by atoms with Crippen LogP contribution in [0.3, 0.4) is 0 Å². The van der Waals surface area contributed by atoms with Gasteiger partial charge in [0.05, 0.1) is 9.21 Å². The minimum absolute atomic E-state index is 0.0768. The summed E-state index contributed by atoms with van der Waals surface area (Å²) < 4.78 is 13.6. The lowest BCUT2D eigenvalue weighted by Crippen LogP contribution is -2.02. The van der Waals surface area contributed by atoms with Crippen LogP contribution in [-0.4, -0.2) is 5.78 Å². The van der Waals surface area contributed by atoms with E-state index in [4.69, 9.17) is 23.2 Å². The molecule has 0 unspecified atom stereocenters. The number of thiophene rings is 1. The number of hydrogen-bond donors (Lipinski definition) is 0. The predicted molar refractivity (Wildman–Crippen MR) is 68.8 cm³/mol. The maximum Gasteiger partial charge on any atom is 0.177 e. The van der Waals surface area contributed by atoms with Crippen molar-refractivity contribution in [3.8, 4) is 0 Å². The van der Waals surface area contributed by atoms with Crippen molar-refractivity contribution in [1.29, 1.82) is 0 Å². The van der Waals surface area contributed by atoms with Gasteiger partial charge in [-0.15, -0.1) is 11.3 Å². The topological polar surface area (TPSA) is 17.1 Å². The van der Waals surface area contributed by atoms with Crippen LogP contribution in [-0.2, 0) is 6.42 Å². The Morgan fingerprint density at radius 2 is 2.00 bits per heavy atom. The SMILES string of the molecule is O=C(Cc1cc(F)ccc1Cl)c1ccc(Cl)s1. The zero-order valence-electron chi connectivity index (χ0n) is 8.54. The zero-order chi connectivity index (χ0) is 12.4. The fourth-order valence-electron chi connectivity index (χ4n) is 1.40. The van der Waals surface area contributed by atoms with Gasteiger partial charge in [-0.05, 0) is 35.9 Å². The van der Waals surface area contributed by atoms with E-state index < -0.39 is 5.82 Å². The molecule has 17 heavy (non-hydrogen) atoms. The van der Waals surface area contributed by atoms with E-state index in [0.717, 1.165) is 0 Å². The van der Waals surface area contributed by atoms with Crippen LogP contribution >= 0.6 is 34.5 Å². The van der Waals surface area contributed by atoms with Gasteiger partial charge >= 0.3 is 0 Å². The number of carbonyl (C=O) groups is 1. The Labute approximate surface area is 112 Å². The van der Waals surface area contributed by atoms with Crippen molar-refractivity contribution in [1.82, 2.24) is 0 Å². The first-order valence-corrected chi connectivity index (χ1v) is 6.36. The van der Waals surface area contributed by atoms with Crippen molar-refractivity contribution < 1.29 is 9.18 Å². The number of halogens is 3. The van der Waals surface area contributed by atoms with Gasteiger partial charge in [0.15, 0.2) is 5.78 Å². The Bertz CT molecular complexity index is 565. The van der Waals surface area contributed by atoms with Gasteiger partial charge in [0.1, 0.15) is 5.82 Å². The Morgan fingerprint density at radius 1 is 1.24 bits per heavy atom. The summed E-state index contributed by atoms with van der Waals surface area (Å²) in [7, 11) is 0. The molecule has 0 aliphatic heterocycles. The Balaban J connectivity index is 2.21. The van der Waals surface area contributed by atoms with Crippen molar-refractivity contribution in [2.75, 3.05) is 0 Å². The van der Waals surface area contributed by atoms with Crippen LogP contribution in [0.15, 0.2) is 30.3 Å². The molecular formula is C12H7Cl2FOS. The maximum atomic E-state index is 13.0. The Kier molecular flexibility index (Phi) is 3.82. The lowest BCUT2D eigenvalue weighted by molar-refractivity contribution is 0.0997. The highest BCUT2D eigenvalue weighted by atomic mass is 35.5. The molecule has 0 aliphatic carbocycles. The van der Waals surface area contributed by atoms with Crippen molar-refractivity contribution in [2.24, 2.45) is 0 Å². The van der Waals surface area contributed by atoms with E-state index in [1.807, 2.05) is 0 Å². The normalized spacial score (nSPS) is 10.5. The first-order valence-electron chi connectivity index (χ1n) is 4.79. The largest absolute Gasteiger partial charge is 0.293 e. The number of rotatable bonds is 3. The first kappa shape index (κ1) is 12.6. The molecule has 0 atom stereocenters. The number of hydrogen-bond acceptors (Lipinski definition) is 2. The summed E-state index contributed by atoms with van der Waals surface area (Å²) in [4.78, 5) is 12.4. The van der Waals surface area contributed by atoms with E-state index in [0.29, 0.717) is 19.8 Å². The minimum Gasteiger partial charge on any atom is -0.293 e. The van der Waals surface area contributed by atoms with E-state index in [1.165, 1.54) is 29.5 Å². The van der Waals surface area contributed by atoms with Crippen molar-refractivity contribution in [3.63, 3.8) is 0 Å². The lowest BCUT2D eigenvalue weighted by atomic mass is 10.1. The second kappa shape index (κ2) is 5.17. The third-order valence-corrected chi connectivity index (χ3v) is 3.85. The molecule has 0 N–H and O–H groups in total. The molecule has 0 saturated heterocycles. The van der Waals surface area contributed by atoms with Gasteiger partial charge in [-0.1, -0.05) is 23.2 Å². The third-order valence-electron chi connectivity index (χ3n) is 2.21. The quantitative estimate of drug-likeness (QED) is 0.753. The molecule has 88 valence electrons. The van der Waals surface area contributed by atoms with E-state index in [9.17, 15) is 9.18 Å². The summed E-state index contributed by atoms with van der Waals surface area (Å²) in [6.07, 6.45) is 0.0768. The molecule has 0 spiro atoms. The average molecular weight is 289 g/mol. The molecule has 1 aromatic heterocycles. The summed E-state index contributed by atoms with van der Waals surface area (Å²) in [6, 6.07) is 7.30. The molecule has 2 rings (SSSR count).